The van der Waals surface area contributed by atoms with E-state index >= 15 is 0 Å². The smallest absolute Gasteiger partial charge is 0.354 e. The molecule has 1 aromatic heterocycles. The van der Waals surface area contributed by atoms with Crippen molar-refractivity contribution in [3.8, 4) is 0 Å². The van der Waals surface area contributed by atoms with Crippen molar-refractivity contribution < 1.29 is 18.0 Å². The van der Waals surface area contributed by atoms with Gasteiger partial charge in [0.15, 0.2) is 5.69 Å². The number of aromatic nitrogens is 2. The van der Waals surface area contributed by atoms with E-state index < -0.39 is 11.9 Å². The summed E-state index contributed by atoms with van der Waals surface area (Å²) < 4.78 is 38.5. The monoisotopic (exact) mass is 339 g/mol. The van der Waals surface area contributed by atoms with Crippen LogP contribution in [0.1, 0.15) is 31.0 Å². The first kappa shape index (κ1) is 18.0. The quantitative estimate of drug-likeness (QED) is 0.876. The highest BCUT2D eigenvalue weighted by molar-refractivity contribution is 5.75. The maximum atomic E-state index is 12.5. The van der Waals surface area contributed by atoms with Crippen molar-refractivity contribution in [2.24, 2.45) is 5.92 Å². The van der Waals surface area contributed by atoms with Gasteiger partial charge in [-0.05, 0) is 17.5 Å². The van der Waals surface area contributed by atoms with E-state index in [0.717, 1.165) is 22.5 Å². The topological polar surface area (TPSA) is 46.9 Å². The van der Waals surface area contributed by atoms with Crippen molar-refractivity contribution in [3.63, 3.8) is 0 Å². The van der Waals surface area contributed by atoms with Crippen LogP contribution in [-0.2, 0) is 17.5 Å². The van der Waals surface area contributed by atoms with Gasteiger partial charge in [0.25, 0.3) is 0 Å². The van der Waals surface area contributed by atoms with Crippen LogP contribution in [-0.4, -0.2) is 22.2 Å². The minimum atomic E-state index is -4.50. The highest BCUT2D eigenvalue weighted by Gasteiger charge is 2.33. The van der Waals surface area contributed by atoms with Crippen LogP contribution in [0.3, 0.4) is 0 Å². The summed E-state index contributed by atoms with van der Waals surface area (Å²) in [6, 6.07) is 10.7. The maximum Gasteiger partial charge on any atom is 0.435 e. The van der Waals surface area contributed by atoms with Gasteiger partial charge in [0.05, 0.1) is 0 Å². The third-order valence-corrected chi connectivity index (χ3v) is 3.79. The third-order valence-electron chi connectivity index (χ3n) is 3.79. The molecule has 1 aromatic carbocycles. The van der Waals surface area contributed by atoms with E-state index in [2.05, 4.69) is 24.3 Å². The van der Waals surface area contributed by atoms with Gasteiger partial charge in [0.1, 0.15) is 6.54 Å². The molecule has 0 fully saturated rings. The van der Waals surface area contributed by atoms with Crippen LogP contribution in [0.2, 0.25) is 0 Å². The Morgan fingerprint density at radius 3 is 2.42 bits per heavy atom. The van der Waals surface area contributed by atoms with Crippen molar-refractivity contribution in [1.29, 1.82) is 0 Å². The minimum absolute atomic E-state index is 0.138. The molecule has 1 atom stereocenters. The number of amides is 1. The molecule has 0 aliphatic rings. The Labute approximate surface area is 138 Å². The van der Waals surface area contributed by atoms with Gasteiger partial charge in [-0.2, -0.15) is 18.3 Å². The number of carbonyl (C=O) groups is 1. The zero-order valence-corrected chi connectivity index (χ0v) is 13.5. The number of nitrogens with one attached hydrogen (secondary N) is 1. The molecule has 4 nitrogen and oxygen atoms in total. The Balaban J connectivity index is 1.93. The van der Waals surface area contributed by atoms with Gasteiger partial charge in [-0.3, -0.25) is 9.48 Å². The first-order chi connectivity index (χ1) is 11.3. The van der Waals surface area contributed by atoms with Gasteiger partial charge in [-0.15, -0.1) is 0 Å². The molecule has 130 valence electrons. The summed E-state index contributed by atoms with van der Waals surface area (Å²) in [7, 11) is 0. The molecule has 2 aromatic rings. The summed E-state index contributed by atoms with van der Waals surface area (Å²) in [6.45, 7) is 4.31. The molecule has 7 heteroatoms. The Morgan fingerprint density at radius 1 is 1.21 bits per heavy atom. The normalized spacial score (nSPS) is 13.1. The van der Waals surface area contributed by atoms with E-state index in [0.29, 0.717) is 12.5 Å². The van der Waals surface area contributed by atoms with E-state index in [1.165, 1.54) is 0 Å². The van der Waals surface area contributed by atoms with Crippen molar-refractivity contribution in [2.45, 2.75) is 32.5 Å². The second-order valence-electron chi connectivity index (χ2n) is 5.96. The highest BCUT2D eigenvalue weighted by atomic mass is 19.4. The average molecular weight is 339 g/mol. The molecule has 2 rings (SSSR count). The molecule has 0 spiro atoms. The lowest BCUT2D eigenvalue weighted by Crippen LogP contribution is -2.33. The largest absolute Gasteiger partial charge is 0.435 e. The molecular formula is C17H20F3N3O. The SMILES string of the molecule is CC(C)[C@@H](CNC(=O)Cn1ccc(C(F)(F)F)n1)c1ccccc1. The van der Waals surface area contributed by atoms with Gasteiger partial charge in [-0.1, -0.05) is 44.2 Å². The van der Waals surface area contributed by atoms with Crippen LogP contribution in [0.4, 0.5) is 13.2 Å². The number of rotatable bonds is 6. The molecule has 0 bridgehead atoms. The second-order valence-corrected chi connectivity index (χ2v) is 5.96. The summed E-state index contributed by atoms with van der Waals surface area (Å²) >= 11 is 0. The standard InChI is InChI=1S/C17H20F3N3O/c1-12(2)14(13-6-4-3-5-7-13)10-21-16(24)11-23-9-8-15(22-23)17(18,19)20/h3-9,12,14H,10-11H2,1-2H3,(H,21,24)/t14-/m1/s1. The van der Waals surface area contributed by atoms with Crippen LogP contribution in [0, 0.1) is 5.92 Å². The highest BCUT2D eigenvalue weighted by Crippen LogP contribution is 2.27. The van der Waals surface area contributed by atoms with Gasteiger partial charge in [0, 0.05) is 18.7 Å². The predicted molar refractivity (Wildman–Crippen MR) is 84.3 cm³/mol. The van der Waals surface area contributed by atoms with E-state index in [1.54, 1.807) is 0 Å². The first-order valence-corrected chi connectivity index (χ1v) is 7.69. The summed E-state index contributed by atoms with van der Waals surface area (Å²) in [5, 5.41) is 6.15. The molecule has 1 heterocycles. The molecular weight excluding hydrogens is 319 g/mol. The fourth-order valence-corrected chi connectivity index (χ4v) is 2.47. The van der Waals surface area contributed by atoms with Crippen LogP contribution in [0.5, 0.6) is 0 Å². The fraction of sp³-hybridized carbons (Fsp3) is 0.412. The van der Waals surface area contributed by atoms with Crippen LogP contribution >= 0.6 is 0 Å². The Morgan fingerprint density at radius 2 is 1.88 bits per heavy atom. The number of benzene rings is 1. The average Bonchev–Trinajstić information content (AvgIpc) is 2.97. The fourth-order valence-electron chi connectivity index (χ4n) is 2.47. The molecule has 0 saturated heterocycles. The molecule has 0 radical (unpaired) electrons. The Kier molecular flexibility index (Phi) is 5.64. The van der Waals surface area contributed by atoms with Crippen LogP contribution < -0.4 is 5.32 Å². The number of carbonyl (C=O) groups excluding carboxylic acids is 1. The van der Waals surface area contributed by atoms with Crippen molar-refractivity contribution in [2.75, 3.05) is 6.54 Å². The van der Waals surface area contributed by atoms with E-state index in [-0.39, 0.29) is 18.4 Å². The van der Waals surface area contributed by atoms with Crippen LogP contribution in [0.25, 0.3) is 0 Å². The van der Waals surface area contributed by atoms with Gasteiger partial charge >= 0.3 is 6.18 Å². The molecule has 1 amide bonds. The van der Waals surface area contributed by atoms with Crippen molar-refractivity contribution >= 4 is 5.91 Å². The molecule has 24 heavy (non-hydrogen) atoms. The molecule has 0 aliphatic heterocycles. The Hall–Kier alpha value is -2.31. The predicted octanol–water partition coefficient (Wildman–Crippen LogP) is 3.46. The summed E-state index contributed by atoms with van der Waals surface area (Å²) in [5.74, 6) is 0.0844. The maximum absolute atomic E-state index is 12.5. The molecule has 1 N–H and O–H groups in total. The second kappa shape index (κ2) is 7.51. The molecule has 0 unspecified atom stereocenters. The number of hydrogen-bond acceptors (Lipinski definition) is 2. The summed E-state index contributed by atoms with van der Waals surface area (Å²) in [6.07, 6.45) is -3.35. The third kappa shape index (κ3) is 4.84. The number of nitrogens with zero attached hydrogens (tertiary/aromatic N) is 2. The van der Waals surface area contributed by atoms with Gasteiger partial charge in [0.2, 0.25) is 5.91 Å². The lowest BCUT2D eigenvalue weighted by molar-refractivity contribution is -0.141. The van der Waals surface area contributed by atoms with E-state index in [1.807, 2.05) is 30.3 Å². The Bertz CT molecular complexity index is 665. The van der Waals surface area contributed by atoms with Crippen molar-refractivity contribution in [1.82, 2.24) is 15.1 Å². The molecule has 0 saturated carbocycles. The van der Waals surface area contributed by atoms with E-state index in [4.69, 9.17) is 0 Å². The van der Waals surface area contributed by atoms with Crippen LogP contribution in [0.15, 0.2) is 42.6 Å². The van der Waals surface area contributed by atoms with E-state index in [9.17, 15) is 18.0 Å². The minimum Gasteiger partial charge on any atom is -0.354 e. The summed E-state index contributed by atoms with van der Waals surface area (Å²) in [4.78, 5) is 12.0. The number of halogens is 3. The molecule has 0 aliphatic carbocycles. The zero-order chi connectivity index (χ0) is 17.7. The first-order valence-electron chi connectivity index (χ1n) is 7.69. The van der Waals surface area contributed by atoms with Gasteiger partial charge in [-0.25, -0.2) is 0 Å². The lowest BCUT2D eigenvalue weighted by atomic mass is 9.88. The summed E-state index contributed by atoms with van der Waals surface area (Å²) in [5.41, 5.74) is 0.117. The van der Waals surface area contributed by atoms with Gasteiger partial charge < -0.3 is 5.32 Å². The number of alkyl halides is 3. The number of hydrogen-bond donors (Lipinski definition) is 1. The van der Waals surface area contributed by atoms with Crippen molar-refractivity contribution in [3.05, 3.63) is 53.9 Å². The lowest BCUT2D eigenvalue weighted by Gasteiger charge is -2.22. The zero-order valence-electron chi connectivity index (χ0n) is 13.5.